The normalized spacial score (nSPS) is 13.0. The second-order valence-corrected chi connectivity index (χ2v) is 7.09. The van der Waals surface area contributed by atoms with Crippen molar-refractivity contribution in [2.75, 3.05) is 5.75 Å². The molecule has 0 aromatic carbocycles. The van der Waals surface area contributed by atoms with Crippen molar-refractivity contribution < 1.29 is 13.0 Å². The molecule has 0 radical (unpaired) electrons. The number of unbranched alkanes of at least 4 members (excludes halogenated alkanes) is 6. The van der Waals surface area contributed by atoms with E-state index >= 15 is 0 Å². The minimum absolute atomic E-state index is 0.120. The highest BCUT2D eigenvalue weighted by Gasteiger charge is 2.02. The van der Waals surface area contributed by atoms with Gasteiger partial charge in [0.05, 0.1) is 5.75 Å². The molecule has 0 aliphatic heterocycles. The average Bonchev–Trinajstić information content (AvgIpc) is 2.45. The van der Waals surface area contributed by atoms with Crippen molar-refractivity contribution in [3.63, 3.8) is 0 Å². The molecule has 0 bridgehead atoms. The molecule has 0 aliphatic rings. The summed E-state index contributed by atoms with van der Waals surface area (Å²) in [6.45, 7) is 2.22. The van der Waals surface area contributed by atoms with E-state index in [1.165, 1.54) is 25.7 Å². The molecule has 0 aromatic rings. The number of rotatable bonds is 14. The van der Waals surface area contributed by atoms with Gasteiger partial charge in [0.1, 0.15) is 0 Å². The van der Waals surface area contributed by atoms with Crippen molar-refractivity contribution in [3.8, 4) is 0 Å². The van der Waals surface area contributed by atoms with E-state index in [0.717, 1.165) is 32.1 Å². The first-order valence-corrected chi connectivity index (χ1v) is 10.1. The van der Waals surface area contributed by atoms with Gasteiger partial charge in [0.15, 0.2) is 0 Å². The molecule has 0 atom stereocenters. The number of hydrogen-bond acceptors (Lipinski definition) is 2. The third-order valence-electron chi connectivity index (χ3n) is 3.29. The highest BCUT2D eigenvalue weighted by atomic mass is 32.2. The van der Waals surface area contributed by atoms with Crippen LogP contribution in [-0.2, 0) is 10.1 Å². The number of allylic oxidation sites excluding steroid dienone is 6. The topological polar surface area (TPSA) is 54.4 Å². The molecular weight excluding hydrogens is 296 g/mol. The molecule has 4 heteroatoms. The fraction of sp³-hybridized carbons (Fsp3) is 0.667. The van der Waals surface area contributed by atoms with Crippen molar-refractivity contribution in [2.24, 2.45) is 0 Å². The smallest absolute Gasteiger partial charge is 0.264 e. The van der Waals surface area contributed by atoms with Gasteiger partial charge in [0, 0.05) is 0 Å². The van der Waals surface area contributed by atoms with Crippen LogP contribution >= 0.6 is 0 Å². The second-order valence-electron chi connectivity index (χ2n) is 5.52. The van der Waals surface area contributed by atoms with Gasteiger partial charge in [-0.3, -0.25) is 4.55 Å². The Morgan fingerprint density at radius 3 is 1.73 bits per heavy atom. The van der Waals surface area contributed by atoms with Gasteiger partial charge in [-0.25, -0.2) is 0 Å². The van der Waals surface area contributed by atoms with Gasteiger partial charge < -0.3 is 0 Å². The SMILES string of the molecule is CCCCCC=CCC=CC/C=C\CCCCCS(=O)(=O)O. The summed E-state index contributed by atoms with van der Waals surface area (Å²) in [7, 11) is -3.78. The van der Waals surface area contributed by atoms with Crippen LogP contribution < -0.4 is 0 Å². The van der Waals surface area contributed by atoms with E-state index in [1.807, 2.05) is 0 Å². The summed E-state index contributed by atoms with van der Waals surface area (Å²) in [6.07, 6.45) is 23.5. The predicted molar refractivity (Wildman–Crippen MR) is 95.7 cm³/mol. The fourth-order valence-electron chi connectivity index (χ4n) is 2.01. The van der Waals surface area contributed by atoms with Crippen LogP contribution in [0.3, 0.4) is 0 Å². The third-order valence-corrected chi connectivity index (χ3v) is 4.10. The Labute approximate surface area is 137 Å². The molecule has 0 amide bonds. The van der Waals surface area contributed by atoms with Gasteiger partial charge in [0.25, 0.3) is 10.1 Å². The van der Waals surface area contributed by atoms with Crippen LogP contribution in [0.25, 0.3) is 0 Å². The summed E-state index contributed by atoms with van der Waals surface area (Å²) in [5.74, 6) is -0.120. The van der Waals surface area contributed by atoms with Crippen LogP contribution in [0.5, 0.6) is 0 Å². The Bertz CT molecular complexity index is 420. The molecule has 128 valence electrons. The summed E-state index contributed by atoms with van der Waals surface area (Å²) in [5.41, 5.74) is 0. The van der Waals surface area contributed by atoms with Gasteiger partial charge in [0.2, 0.25) is 0 Å². The quantitative estimate of drug-likeness (QED) is 0.261. The third kappa shape index (κ3) is 19.1. The minimum Gasteiger partial charge on any atom is -0.286 e. The Hall–Kier alpha value is -0.870. The van der Waals surface area contributed by atoms with Crippen molar-refractivity contribution >= 4 is 10.1 Å². The van der Waals surface area contributed by atoms with E-state index in [-0.39, 0.29) is 5.75 Å². The first kappa shape index (κ1) is 21.1. The van der Waals surface area contributed by atoms with Gasteiger partial charge in [-0.1, -0.05) is 62.6 Å². The maximum atomic E-state index is 10.5. The van der Waals surface area contributed by atoms with Crippen LogP contribution in [0.15, 0.2) is 36.5 Å². The predicted octanol–water partition coefficient (Wildman–Crippen LogP) is 5.46. The highest BCUT2D eigenvalue weighted by molar-refractivity contribution is 7.85. The lowest BCUT2D eigenvalue weighted by atomic mass is 10.2. The fourth-order valence-corrected chi connectivity index (χ4v) is 2.58. The molecule has 0 heterocycles. The first-order chi connectivity index (χ1) is 10.6. The zero-order chi connectivity index (χ0) is 16.5. The van der Waals surface area contributed by atoms with E-state index in [2.05, 4.69) is 43.4 Å². The summed E-state index contributed by atoms with van der Waals surface area (Å²) in [4.78, 5) is 0. The van der Waals surface area contributed by atoms with Gasteiger partial charge >= 0.3 is 0 Å². The lowest BCUT2D eigenvalue weighted by Crippen LogP contribution is -2.03. The summed E-state index contributed by atoms with van der Waals surface area (Å²) < 4.78 is 29.6. The Balaban J connectivity index is 3.37. The van der Waals surface area contributed by atoms with E-state index in [9.17, 15) is 8.42 Å². The van der Waals surface area contributed by atoms with E-state index in [0.29, 0.717) is 6.42 Å². The molecule has 0 aliphatic carbocycles. The molecule has 0 rings (SSSR count). The van der Waals surface area contributed by atoms with Crippen molar-refractivity contribution in [2.45, 2.75) is 71.1 Å². The Morgan fingerprint density at radius 2 is 1.23 bits per heavy atom. The van der Waals surface area contributed by atoms with Crippen LogP contribution in [0.4, 0.5) is 0 Å². The van der Waals surface area contributed by atoms with Gasteiger partial charge in [-0.2, -0.15) is 8.42 Å². The lowest BCUT2D eigenvalue weighted by molar-refractivity contribution is 0.479. The molecular formula is C18H32O3S. The van der Waals surface area contributed by atoms with E-state index in [4.69, 9.17) is 4.55 Å². The maximum absolute atomic E-state index is 10.5. The largest absolute Gasteiger partial charge is 0.286 e. The molecule has 3 nitrogen and oxygen atoms in total. The van der Waals surface area contributed by atoms with Crippen LogP contribution in [-0.4, -0.2) is 18.7 Å². The van der Waals surface area contributed by atoms with Gasteiger partial charge in [-0.05, 0) is 44.9 Å². The zero-order valence-electron chi connectivity index (χ0n) is 13.9. The number of hydrogen-bond donors (Lipinski definition) is 1. The summed E-state index contributed by atoms with van der Waals surface area (Å²) in [5, 5.41) is 0. The molecule has 0 unspecified atom stereocenters. The zero-order valence-corrected chi connectivity index (χ0v) is 14.7. The van der Waals surface area contributed by atoms with Crippen molar-refractivity contribution in [1.82, 2.24) is 0 Å². The Morgan fingerprint density at radius 1 is 0.727 bits per heavy atom. The lowest BCUT2D eigenvalue weighted by Gasteiger charge is -1.96. The molecule has 0 spiro atoms. The monoisotopic (exact) mass is 328 g/mol. The summed E-state index contributed by atoms with van der Waals surface area (Å²) >= 11 is 0. The van der Waals surface area contributed by atoms with Gasteiger partial charge in [-0.15, -0.1) is 0 Å². The molecule has 0 aromatic heterocycles. The van der Waals surface area contributed by atoms with Crippen LogP contribution in [0.1, 0.15) is 71.1 Å². The molecule has 1 N–H and O–H groups in total. The van der Waals surface area contributed by atoms with E-state index in [1.54, 1.807) is 0 Å². The minimum atomic E-state index is -3.78. The van der Waals surface area contributed by atoms with Crippen LogP contribution in [0.2, 0.25) is 0 Å². The first-order valence-electron chi connectivity index (χ1n) is 8.46. The molecule has 0 saturated carbocycles. The highest BCUT2D eigenvalue weighted by Crippen LogP contribution is 2.03. The molecule has 0 saturated heterocycles. The summed E-state index contributed by atoms with van der Waals surface area (Å²) in [6, 6.07) is 0. The van der Waals surface area contributed by atoms with E-state index < -0.39 is 10.1 Å². The molecule has 22 heavy (non-hydrogen) atoms. The molecule has 0 fully saturated rings. The van der Waals surface area contributed by atoms with Crippen molar-refractivity contribution in [1.29, 1.82) is 0 Å². The van der Waals surface area contributed by atoms with Crippen LogP contribution in [0, 0.1) is 0 Å². The van der Waals surface area contributed by atoms with Crippen molar-refractivity contribution in [3.05, 3.63) is 36.5 Å². The second kappa shape index (κ2) is 15.0. The average molecular weight is 329 g/mol. The standard InChI is InChI=1S/C18H32O3S/c1-2-3-4-5-6-7-8-9-10-11-12-13-14-15-16-17-18-22(19,20)21/h6-7,9-10,12-13H,2-5,8,11,14-18H2,1H3,(H,19,20,21)/b7-6?,10-9?,13-12-. The Kier molecular flexibility index (Phi) is 14.4. The maximum Gasteiger partial charge on any atom is 0.264 e.